The third-order valence-corrected chi connectivity index (χ3v) is 2.93. The average molecular weight is 256 g/mol. The van der Waals surface area contributed by atoms with Crippen LogP contribution in [-0.4, -0.2) is 6.04 Å². The van der Waals surface area contributed by atoms with Crippen molar-refractivity contribution >= 4 is 22.7 Å². The van der Waals surface area contributed by atoms with Gasteiger partial charge in [-0.05, 0) is 37.3 Å². The van der Waals surface area contributed by atoms with Gasteiger partial charge in [-0.25, -0.2) is 0 Å². The molecule has 1 aliphatic rings. The Morgan fingerprint density at radius 3 is 2.71 bits per heavy atom. The molecule has 0 saturated carbocycles. The van der Waals surface area contributed by atoms with Gasteiger partial charge >= 0.3 is 0 Å². The van der Waals surface area contributed by atoms with E-state index in [1.54, 1.807) is 0 Å². The maximum atomic E-state index is 3.56. The molecule has 0 aliphatic carbocycles. The van der Waals surface area contributed by atoms with E-state index in [2.05, 4.69) is 44.3 Å². The van der Waals surface area contributed by atoms with E-state index in [1.165, 1.54) is 23.2 Å². The van der Waals surface area contributed by atoms with Crippen molar-refractivity contribution < 1.29 is 0 Å². The zero-order valence-electron chi connectivity index (χ0n) is 9.00. The molecule has 2 unspecified atom stereocenters. The Morgan fingerprint density at radius 2 is 2.00 bits per heavy atom. The van der Waals surface area contributed by atoms with Crippen LogP contribution in [0.1, 0.15) is 37.3 Å². The van der Waals surface area contributed by atoms with Crippen LogP contribution < -0.4 is 5.32 Å². The predicted octanol–water partition coefficient (Wildman–Crippen LogP) is 3.88. The van der Waals surface area contributed by atoms with Crippen LogP contribution in [0.25, 0.3) is 0 Å². The van der Waals surface area contributed by atoms with Gasteiger partial charge in [-0.3, -0.25) is 0 Å². The summed E-state index contributed by atoms with van der Waals surface area (Å²) in [5.74, 6) is 0.700. The van der Waals surface area contributed by atoms with Gasteiger partial charge in [-0.1, -0.05) is 25.1 Å². The minimum Gasteiger partial charge on any atom is -0.382 e. The van der Waals surface area contributed by atoms with Crippen LogP contribution in [0.4, 0.5) is 5.69 Å². The molecule has 1 nitrogen and oxygen atoms in total. The second-order valence-corrected chi connectivity index (χ2v) is 4.22. The number of aryl methyl sites for hydroxylation is 1. The summed E-state index contributed by atoms with van der Waals surface area (Å²) in [6.07, 6.45) is 1.25. The number of para-hydroxylation sites is 1. The highest BCUT2D eigenvalue weighted by Gasteiger charge is 2.21. The van der Waals surface area contributed by atoms with Crippen LogP contribution in [0.5, 0.6) is 0 Å². The molecule has 1 heterocycles. The lowest BCUT2D eigenvalue weighted by molar-refractivity contribution is 0.589. The van der Waals surface area contributed by atoms with Crippen molar-refractivity contribution in [3.05, 3.63) is 29.3 Å². The molecule has 2 rings (SSSR count). The standard InChI is InChI=1S/C12H17N.BrH/c1-8-5-4-6-11-9(2)7-10(3)13-12(8)11;/h4-6,9-10,13H,7H2,1-3H3;1H. The van der Waals surface area contributed by atoms with Crippen LogP contribution in [0.15, 0.2) is 18.2 Å². The number of halogens is 1. The zero-order chi connectivity index (χ0) is 9.42. The van der Waals surface area contributed by atoms with Crippen molar-refractivity contribution in [2.45, 2.75) is 39.2 Å². The Morgan fingerprint density at radius 1 is 1.29 bits per heavy atom. The lowest BCUT2D eigenvalue weighted by atomic mass is 9.87. The zero-order valence-corrected chi connectivity index (χ0v) is 10.7. The van der Waals surface area contributed by atoms with Crippen molar-refractivity contribution in [3.8, 4) is 0 Å². The van der Waals surface area contributed by atoms with E-state index in [0.29, 0.717) is 12.0 Å². The summed E-state index contributed by atoms with van der Waals surface area (Å²) in [5.41, 5.74) is 4.22. The molecule has 78 valence electrons. The van der Waals surface area contributed by atoms with E-state index < -0.39 is 0 Å². The highest BCUT2D eigenvalue weighted by molar-refractivity contribution is 8.93. The summed E-state index contributed by atoms with van der Waals surface area (Å²) in [5, 5.41) is 3.56. The first-order valence-corrected chi connectivity index (χ1v) is 5.04. The maximum Gasteiger partial charge on any atom is 0.0407 e. The third-order valence-electron chi connectivity index (χ3n) is 2.93. The highest BCUT2D eigenvalue weighted by atomic mass is 79.9. The van der Waals surface area contributed by atoms with Crippen molar-refractivity contribution in [2.75, 3.05) is 5.32 Å². The van der Waals surface area contributed by atoms with Gasteiger partial charge in [0.2, 0.25) is 0 Å². The molecule has 0 spiro atoms. The van der Waals surface area contributed by atoms with Gasteiger partial charge in [-0.15, -0.1) is 17.0 Å². The normalized spacial score (nSPS) is 24.5. The van der Waals surface area contributed by atoms with E-state index in [1.807, 2.05) is 0 Å². The van der Waals surface area contributed by atoms with Gasteiger partial charge < -0.3 is 5.32 Å². The summed E-state index contributed by atoms with van der Waals surface area (Å²) in [4.78, 5) is 0. The van der Waals surface area contributed by atoms with E-state index in [-0.39, 0.29) is 17.0 Å². The third kappa shape index (κ3) is 1.95. The van der Waals surface area contributed by atoms with Gasteiger partial charge in [0.1, 0.15) is 0 Å². The lowest BCUT2D eigenvalue weighted by Gasteiger charge is -2.30. The number of anilines is 1. The van der Waals surface area contributed by atoms with Gasteiger partial charge in [0.25, 0.3) is 0 Å². The first-order chi connectivity index (χ1) is 6.18. The van der Waals surface area contributed by atoms with Gasteiger partial charge in [0, 0.05) is 11.7 Å². The topological polar surface area (TPSA) is 12.0 Å². The quantitative estimate of drug-likeness (QED) is 0.742. The minimum atomic E-state index is 0. The molecule has 2 heteroatoms. The summed E-state index contributed by atoms with van der Waals surface area (Å²) < 4.78 is 0. The molecule has 14 heavy (non-hydrogen) atoms. The van der Waals surface area contributed by atoms with E-state index >= 15 is 0 Å². The first kappa shape index (κ1) is 11.6. The molecule has 0 saturated heterocycles. The summed E-state index contributed by atoms with van der Waals surface area (Å²) in [6.45, 7) is 6.75. The lowest BCUT2D eigenvalue weighted by Crippen LogP contribution is -2.24. The van der Waals surface area contributed by atoms with Crippen LogP contribution >= 0.6 is 17.0 Å². The number of benzene rings is 1. The number of nitrogens with one attached hydrogen (secondary N) is 1. The summed E-state index contributed by atoms with van der Waals surface area (Å²) >= 11 is 0. The second kappa shape index (κ2) is 4.35. The van der Waals surface area contributed by atoms with E-state index in [9.17, 15) is 0 Å². The molecule has 0 fully saturated rings. The molecule has 0 bridgehead atoms. The largest absolute Gasteiger partial charge is 0.382 e. The molecule has 0 aromatic heterocycles. The SMILES string of the molecule is Br.Cc1cccc2c1NC(C)CC2C. The molecule has 2 atom stereocenters. The van der Waals surface area contributed by atoms with Gasteiger partial charge in [0.15, 0.2) is 0 Å². The second-order valence-electron chi connectivity index (χ2n) is 4.22. The Labute approximate surface area is 96.7 Å². The molecule has 1 aromatic carbocycles. The molecular weight excluding hydrogens is 238 g/mol. The fourth-order valence-electron chi connectivity index (χ4n) is 2.26. The molecular formula is C12H18BrN. The van der Waals surface area contributed by atoms with Crippen LogP contribution in [0.2, 0.25) is 0 Å². The highest BCUT2D eigenvalue weighted by Crippen LogP contribution is 2.35. The Balaban J connectivity index is 0.000000980. The van der Waals surface area contributed by atoms with Crippen molar-refractivity contribution in [1.29, 1.82) is 0 Å². The minimum absolute atomic E-state index is 0. The smallest absolute Gasteiger partial charge is 0.0407 e. The molecule has 0 amide bonds. The van der Waals surface area contributed by atoms with Crippen LogP contribution in [0, 0.1) is 6.92 Å². The average Bonchev–Trinajstić information content (AvgIpc) is 2.07. The van der Waals surface area contributed by atoms with Gasteiger partial charge in [-0.2, -0.15) is 0 Å². The maximum absolute atomic E-state index is 3.56. The van der Waals surface area contributed by atoms with E-state index in [0.717, 1.165) is 0 Å². The van der Waals surface area contributed by atoms with Crippen molar-refractivity contribution in [1.82, 2.24) is 0 Å². The molecule has 1 aliphatic heterocycles. The number of hydrogen-bond acceptors (Lipinski definition) is 1. The molecule has 0 radical (unpaired) electrons. The summed E-state index contributed by atoms with van der Waals surface area (Å²) in [6, 6.07) is 7.19. The van der Waals surface area contributed by atoms with Gasteiger partial charge in [0.05, 0.1) is 0 Å². The van der Waals surface area contributed by atoms with Crippen LogP contribution in [-0.2, 0) is 0 Å². The number of rotatable bonds is 0. The Hall–Kier alpha value is -0.500. The van der Waals surface area contributed by atoms with E-state index in [4.69, 9.17) is 0 Å². The Kier molecular flexibility index (Phi) is 3.59. The first-order valence-electron chi connectivity index (χ1n) is 5.04. The monoisotopic (exact) mass is 255 g/mol. The summed E-state index contributed by atoms with van der Waals surface area (Å²) in [7, 11) is 0. The Bertz CT molecular complexity index is 322. The predicted molar refractivity (Wildman–Crippen MR) is 67.6 cm³/mol. The number of hydrogen-bond donors (Lipinski definition) is 1. The molecule has 1 N–H and O–H groups in total. The molecule has 1 aromatic rings. The van der Waals surface area contributed by atoms with Crippen LogP contribution in [0.3, 0.4) is 0 Å². The van der Waals surface area contributed by atoms with Crippen molar-refractivity contribution in [3.63, 3.8) is 0 Å². The fraction of sp³-hybridized carbons (Fsp3) is 0.500. The van der Waals surface area contributed by atoms with Crippen molar-refractivity contribution in [2.24, 2.45) is 0 Å². The fourth-order valence-corrected chi connectivity index (χ4v) is 2.26. The number of fused-ring (bicyclic) bond motifs is 1.